The molecular weight excluding hydrogens is 235 g/mol. The lowest BCUT2D eigenvalue weighted by molar-refractivity contribution is -0.117. The molecule has 0 aromatic heterocycles. The van der Waals surface area contributed by atoms with E-state index in [0.29, 0.717) is 5.69 Å². The summed E-state index contributed by atoms with van der Waals surface area (Å²) in [7, 11) is 0. The van der Waals surface area contributed by atoms with Gasteiger partial charge in [0.15, 0.2) is 0 Å². The minimum absolute atomic E-state index is 0.0870. The van der Waals surface area contributed by atoms with Crippen LogP contribution in [0.4, 0.5) is 10.1 Å². The van der Waals surface area contributed by atoms with E-state index in [-0.39, 0.29) is 30.9 Å². The highest BCUT2D eigenvalue weighted by atomic mass is 19.1. The van der Waals surface area contributed by atoms with Crippen molar-refractivity contribution in [3.05, 3.63) is 30.1 Å². The molecule has 1 saturated heterocycles. The van der Waals surface area contributed by atoms with Crippen molar-refractivity contribution in [2.75, 3.05) is 25.0 Å². The van der Waals surface area contributed by atoms with Crippen molar-refractivity contribution < 1.29 is 14.3 Å². The van der Waals surface area contributed by atoms with Crippen molar-refractivity contribution in [3.8, 4) is 0 Å². The summed E-state index contributed by atoms with van der Waals surface area (Å²) in [5.74, 6) is -0.463. The molecule has 4 nitrogen and oxygen atoms in total. The lowest BCUT2D eigenvalue weighted by Crippen LogP contribution is -2.38. The van der Waals surface area contributed by atoms with Gasteiger partial charge in [-0.3, -0.25) is 9.69 Å². The molecule has 1 fully saturated rings. The number of carbonyl (C=O) groups excluding carboxylic acids is 1. The van der Waals surface area contributed by atoms with Gasteiger partial charge < -0.3 is 10.4 Å². The zero-order valence-corrected chi connectivity index (χ0v) is 10.1. The van der Waals surface area contributed by atoms with Gasteiger partial charge in [0.2, 0.25) is 5.91 Å². The number of nitrogens with zero attached hydrogens (tertiary/aromatic N) is 1. The highest BCUT2D eigenvalue weighted by Gasteiger charge is 2.25. The zero-order chi connectivity index (χ0) is 13.0. The number of hydrogen-bond donors (Lipinski definition) is 2. The molecule has 1 heterocycles. The summed E-state index contributed by atoms with van der Waals surface area (Å²) in [5.41, 5.74) is 0.584. The maximum atomic E-state index is 12.7. The molecule has 1 atom stereocenters. The first-order valence-corrected chi connectivity index (χ1v) is 6.09. The Morgan fingerprint density at radius 1 is 1.44 bits per heavy atom. The molecule has 1 aliphatic heterocycles. The third-order valence-electron chi connectivity index (χ3n) is 3.18. The molecule has 0 radical (unpaired) electrons. The number of aliphatic hydroxyl groups excluding tert-OH is 1. The molecule has 0 bridgehead atoms. The Bertz CT molecular complexity index is 408. The van der Waals surface area contributed by atoms with Crippen molar-refractivity contribution in [2.24, 2.45) is 0 Å². The van der Waals surface area contributed by atoms with Gasteiger partial charge in [-0.25, -0.2) is 4.39 Å². The van der Waals surface area contributed by atoms with E-state index in [1.807, 2.05) is 4.90 Å². The highest BCUT2D eigenvalue weighted by Crippen LogP contribution is 2.16. The van der Waals surface area contributed by atoms with Gasteiger partial charge in [-0.15, -0.1) is 0 Å². The van der Waals surface area contributed by atoms with Crippen LogP contribution in [-0.4, -0.2) is 41.7 Å². The summed E-state index contributed by atoms with van der Waals surface area (Å²) in [5, 5.41) is 11.9. The summed E-state index contributed by atoms with van der Waals surface area (Å²) in [6.07, 6.45) is 1.94. The largest absolute Gasteiger partial charge is 0.395 e. The fraction of sp³-hybridized carbons (Fsp3) is 0.462. The molecule has 0 aliphatic carbocycles. The van der Waals surface area contributed by atoms with Gasteiger partial charge in [0, 0.05) is 11.7 Å². The second-order valence-electron chi connectivity index (χ2n) is 4.50. The Morgan fingerprint density at radius 3 is 2.83 bits per heavy atom. The Morgan fingerprint density at radius 2 is 2.17 bits per heavy atom. The predicted molar refractivity (Wildman–Crippen MR) is 66.7 cm³/mol. The highest BCUT2D eigenvalue weighted by molar-refractivity contribution is 5.92. The number of likely N-dealkylation sites (tertiary alicyclic amines) is 1. The van der Waals surface area contributed by atoms with Crippen LogP contribution in [0.1, 0.15) is 12.8 Å². The molecular formula is C13H17FN2O2. The van der Waals surface area contributed by atoms with Gasteiger partial charge in [-0.05, 0) is 43.7 Å². The van der Waals surface area contributed by atoms with Crippen molar-refractivity contribution in [1.29, 1.82) is 0 Å². The lowest BCUT2D eigenvalue weighted by Gasteiger charge is -2.21. The van der Waals surface area contributed by atoms with E-state index < -0.39 is 0 Å². The van der Waals surface area contributed by atoms with E-state index in [9.17, 15) is 9.18 Å². The van der Waals surface area contributed by atoms with Gasteiger partial charge in [-0.1, -0.05) is 0 Å². The molecule has 2 N–H and O–H groups in total. The number of carbonyl (C=O) groups is 1. The molecule has 0 spiro atoms. The fourth-order valence-corrected chi connectivity index (χ4v) is 2.23. The normalized spacial score (nSPS) is 20.0. The van der Waals surface area contributed by atoms with Crippen molar-refractivity contribution in [1.82, 2.24) is 4.90 Å². The minimum atomic E-state index is -0.326. The molecule has 5 heteroatoms. The van der Waals surface area contributed by atoms with Gasteiger partial charge >= 0.3 is 0 Å². The van der Waals surface area contributed by atoms with Crippen LogP contribution in [0.25, 0.3) is 0 Å². The SMILES string of the molecule is O=C(CN1CCC[C@@H]1CO)Nc1ccc(F)cc1. The first-order valence-electron chi connectivity index (χ1n) is 6.09. The molecule has 0 saturated carbocycles. The third kappa shape index (κ3) is 3.27. The zero-order valence-electron chi connectivity index (χ0n) is 10.1. The number of nitrogens with one attached hydrogen (secondary N) is 1. The summed E-state index contributed by atoms with van der Waals surface area (Å²) >= 11 is 0. The molecule has 1 amide bonds. The maximum absolute atomic E-state index is 12.7. The Kier molecular flexibility index (Phi) is 4.28. The molecule has 2 rings (SSSR count). The first-order chi connectivity index (χ1) is 8.69. The van der Waals surface area contributed by atoms with Crippen LogP contribution in [0.3, 0.4) is 0 Å². The smallest absolute Gasteiger partial charge is 0.238 e. The summed E-state index contributed by atoms with van der Waals surface area (Å²) < 4.78 is 12.7. The van der Waals surface area contributed by atoms with Crippen LogP contribution in [0.15, 0.2) is 24.3 Å². The van der Waals surface area contributed by atoms with Crippen molar-refractivity contribution >= 4 is 11.6 Å². The third-order valence-corrected chi connectivity index (χ3v) is 3.18. The average Bonchev–Trinajstić information content (AvgIpc) is 2.79. The number of amides is 1. The number of hydrogen-bond acceptors (Lipinski definition) is 3. The number of anilines is 1. The van der Waals surface area contributed by atoms with Crippen LogP contribution >= 0.6 is 0 Å². The molecule has 1 aromatic carbocycles. The standard InChI is InChI=1S/C13H17FN2O2/c14-10-3-5-11(6-4-10)15-13(18)8-16-7-1-2-12(16)9-17/h3-6,12,17H,1-2,7-9H2,(H,15,18)/t12-/m1/s1. The number of rotatable bonds is 4. The molecule has 1 aromatic rings. The quantitative estimate of drug-likeness (QED) is 0.847. The summed E-state index contributed by atoms with van der Waals surface area (Å²) in [4.78, 5) is 13.8. The van der Waals surface area contributed by atoms with E-state index in [4.69, 9.17) is 5.11 Å². The van der Waals surface area contributed by atoms with Gasteiger partial charge in [-0.2, -0.15) is 0 Å². The van der Waals surface area contributed by atoms with Gasteiger partial charge in [0.05, 0.1) is 13.2 Å². The van der Waals surface area contributed by atoms with E-state index in [0.717, 1.165) is 19.4 Å². The second kappa shape index (κ2) is 5.93. The molecule has 1 aliphatic rings. The van der Waals surface area contributed by atoms with E-state index in [2.05, 4.69) is 5.32 Å². The van der Waals surface area contributed by atoms with Crippen molar-refractivity contribution in [3.63, 3.8) is 0 Å². The van der Waals surface area contributed by atoms with Gasteiger partial charge in [0.25, 0.3) is 0 Å². The second-order valence-corrected chi connectivity index (χ2v) is 4.50. The summed E-state index contributed by atoms with van der Waals surface area (Å²) in [6.45, 7) is 1.19. The predicted octanol–water partition coefficient (Wildman–Crippen LogP) is 1.22. The lowest BCUT2D eigenvalue weighted by atomic mass is 10.2. The maximum Gasteiger partial charge on any atom is 0.238 e. The van der Waals surface area contributed by atoms with E-state index in [1.54, 1.807) is 0 Å². The van der Waals surface area contributed by atoms with E-state index >= 15 is 0 Å². The first kappa shape index (κ1) is 13.0. The van der Waals surface area contributed by atoms with Crippen molar-refractivity contribution in [2.45, 2.75) is 18.9 Å². The summed E-state index contributed by atoms with van der Waals surface area (Å²) in [6, 6.07) is 5.76. The Labute approximate surface area is 105 Å². The Hall–Kier alpha value is -1.46. The molecule has 0 unspecified atom stereocenters. The van der Waals surface area contributed by atoms with Crippen LogP contribution in [0.5, 0.6) is 0 Å². The average molecular weight is 252 g/mol. The van der Waals surface area contributed by atoms with Crippen LogP contribution in [-0.2, 0) is 4.79 Å². The number of halogens is 1. The monoisotopic (exact) mass is 252 g/mol. The number of benzene rings is 1. The molecule has 18 heavy (non-hydrogen) atoms. The van der Waals surface area contributed by atoms with Crippen LogP contribution < -0.4 is 5.32 Å². The van der Waals surface area contributed by atoms with Crippen LogP contribution in [0.2, 0.25) is 0 Å². The number of aliphatic hydroxyl groups is 1. The van der Waals surface area contributed by atoms with E-state index in [1.165, 1.54) is 24.3 Å². The fourth-order valence-electron chi connectivity index (χ4n) is 2.23. The van der Waals surface area contributed by atoms with Gasteiger partial charge in [0.1, 0.15) is 5.82 Å². The minimum Gasteiger partial charge on any atom is -0.395 e. The molecule has 98 valence electrons. The Balaban J connectivity index is 1.86. The van der Waals surface area contributed by atoms with Crippen LogP contribution in [0, 0.1) is 5.82 Å². The topological polar surface area (TPSA) is 52.6 Å².